The summed E-state index contributed by atoms with van der Waals surface area (Å²) in [5.74, 6) is -0.492. The standard InChI is InChI=1S/C22H21N3O2S/c1-14-3-9-19(10-4-14)25-12-17(11-21(25)26)22(27)24-18-7-5-16(6-8-18)20-13-28-15(2)23-20/h3-10,13,17H,11-12H2,1-2H3,(H,24,27)/t17-/m0/s1. The lowest BCUT2D eigenvalue weighted by Crippen LogP contribution is -2.28. The highest BCUT2D eigenvalue weighted by atomic mass is 32.1. The van der Waals surface area contributed by atoms with Crippen LogP contribution in [0, 0.1) is 19.8 Å². The molecule has 0 radical (unpaired) electrons. The van der Waals surface area contributed by atoms with Gasteiger partial charge in [0.25, 0.3) is 0 Å². The normalized spacial score (nSPS) is 16.4. The van der Waals surface area contributed by atoms with Gasteiger partial charge in [0.05, 0.1) is 16.6 Å². The van der Waals surface area contributed by atoms with Crippen molar-refractivity contribution in [3.63, 3.8) is 0 Å². The van der Waals surface area contributed by atoms with Gasteiger partial charge in [-0.1, -0.05) is 29.8 Å². The molecule has 1 saturated heterocycles. The van der Waals surface area contributed by atoms with Crippen molar-refractivity contribution in [1.82, 2.24) is 4.98 Å². The Morgan fingerprint density at radius 2 is 1.82 bits per heavy atom. The Morgan fingerprint density at radius 1 is 1.11 bits per heavy atom. The van der Waals surface area contributed by atoms with E-state index in [1.165, 1.54) is 0 Å². The van der Waals surface area contributed by atoms with Crippen LogP contribution in [0.15, 0.2) is 53.9 Å². The highest BCUT2D eigenvalue weighted by Gasteiger charge is 2.35. The van der Waals surface area contributed by atoms with Gasteiger partial charge in [-0.15, -0.1) is 11.3 Å². The Hall–Kier alpha value is -2.99. The van der Waals surface area contributed by atoms with Gasteiger partial charge in [0.2, 0.25) is 11.8 Å². The van der Waals surface area contributed by atoms with Crippen LogP contribution in [0.25, 0.3) is 11.3 Å². The summed E-state index contributed by atoms with van der Waals surface area (Å²) in [7, 11) is 0. The molecule has 1 N–H and O–H groups in total. The van der Waals surface area contributed by atoms with E-state index >= 15 is 0 Å². The quantitative estimate of drug-likeness (QED) is 0.716. The molecule has 2 aromatic carbocycles. The molecule has 0 saturated carbocycles. The van der Waals surface area contributed by atoms with Crippen molar-refractivity contribution in [1.29, 1.82) is 0 Å². The summed E-state index contributed by atoms with van der Waals surface area (Å²) in [4.78, 5) is 31.2. The predicted molar refractivity (Wildman–Crippen MR) is 113 cm³/mol. The number of hydrogen-bond acceptors (Lipinski definition) is 4. The number of rotatable bonds is 4. The number of benzene rings is 2. The van der Waals surface area contributed by atoms with Crippen molar-refractivity contribution in [3.05, 3.63) is 64.5 Å². The minimum Gasteiger partial charge on any atom is -0.326 e. The van der Waals surface area contributed by atoms with Crippen molar-refractivity contribution < 1.29 is 9.59 Å². The Kier molecular flexibility index (Phi) is 4.96. The topological polar surface area (TPSA) is 62.3 Å². The fourth-order valence-corrected chi connectivity index (χ4v) is 3.94. The summed E-state index contributed by atoms with van der Waals surface area (Å²) >= 11 is 1.61. The molecule has 3 aromatic rings. The summed E-state index contributed by atoms with van der Waals surface area (Å²) in [6, 6.07) is 15.4. The maximum Gasteiger partial charge on any atom is 0.229 e. The molecule has 1 atom stereocenters. The third-order valence-electron chi connectivity index (χ3n) is 4.91. The van der Waals surface area contributed by atoms with Crippen molar-refractivity contribution >= 4 is 34.5 Å². The van der Waals surface area contributed by atoms with Crippen molar-refractivity contribution in [2.45, 2.75) is 20.3 Å². The number of carbonyl (C=O) groups excluding carboxylic acids is 2. The first-order valence-corrected chi connectivity index (χ1v) is 10.1. The monoisotopic (exact) mass is 391 g/mol. The molecule has 1 aromatic heterocycles. The number of nitrogens with zero attached hydrogens (tertiary/aromatic N) is 2. The number of amides is 2. The summed E-state index contributed by atoms with van der Waals surface area (Å²) in [6.07, 6.45) is 0.232. The third kappa shape index (κ3) is 3.82. The van der Waals surface area contributed by atoms with Crippen LogP contribution in [-0.4, -0.2) is 23.3 Å². The fraction of sp³-hybridized carbons (Fsp3) is 0.227. The zero-order valence-corrected chi connectivity index (χ0v) is 16.6. The van der Waals surface area contributed by atoms with Gasteiger partial charge in [0.1, 0.15) is 0 Å². The molecule has 1 fully saturated rings. The van der Waals surface area contributed by atoms with E-state index in [4.69, 9.17) is 0 Å². The Bertz CT molecular complexity index is 1010. The van der Waals surface area contributed by atoms with E-state index in [9.17, 15) is 9.59 Å². The van der Waals surface area contributed by atoms with E-state index < -0.39 is 0 Å². The van der Waals surface area contributed by atoms with Gasteiger partial charge in [0, 0.05) is 35.3 Å². The molecule has 0 unspecified atom stereocenters. The SMILES string of the molecule is Cc1ccc(N2C[C@@H](C(=O)Nc3ccc(-c4csc(C)n4)cc3)CC2=O)cc1. The molecule has 6 heteroatoms. The minimum absolute atomic E-state index is 0.0155. The van der Waals surface area contributed by atoms with E-state index in [1.807, 2.05) is 67.8 Å². The second-order valence-electron chi connectivity index (χ2n) is 7.06. The highest BCUT2D eigenvalue weighted by molar-refractivity contribution is 7.09. The van der Waals surface area contributed by atoms with Crippen LogP contribution in [0.2, 0.25) is 0 Å². The first kappa shape index (κ1) is 18.4. The van der Waals surface area contributed by atoms with Crippen LogP contribution >= 0.6 is 11.3 Å². The number of anilines is 2. The van der Waals surface area contributed by atoms with Crippen molar-refractivity contribution in [2.75, 3.05) is 16.8 Å². The highest BCUT2D eigenvalue weighted by Crippen LogP contribution is 2.27. The van der Waals surface area contributed by atoms with Crippen LogP contribution in [0.1, 0.15) is 17.0 Å². The molecule has 0 spiro atoms. The van der Waals surface area contributed by atoms with Gasteiger partial charge in [-0.3, -0.25) is 9.59 Å². The molecule has 5 nitrogen and oxygen atoms in total. The molecular weight excluding hydrogens is 370 g/mol. The van der Waals surface area contributed by atoms with Gasteiger partial charge in [0.15, 0.2) is 0 Å². The first-order valence-electron chi connectivity index (χ1n) is 9.20. The van der Waals surface area contributed by atoms with E-state index in [1.54, 1.807) is 16.2 Å². The average molecular weight is 391 g/mol. The molecular formula is C22H21N3O2S. The number of nitrogens with one attached hydrogen (secondary N) is 1. The number of thiazole rings is 1. The van der Waals surface area contributed by atoms with Crippen LogP contribution in [0.3, 0.4) is 0 Å². The lowest BCUT2D eigenvalue weighted by Gasteiger charge is -2.17. The molecule has 4 rings (SSSR count). The summed E-state index contributed by atoms with van der Waals surface area (Å²) in [6.45, 7) is 4.39. The average Bonchev–Trinajstić information content (AvgIpc) is 3.29. The first-order chi connectivity index (χ1) is 13.5. The molecule has 1 aliphatic heterocycles. The fourth-order valence-electron chi connectivity index (χ4n) is 3.32. The Balaban J connectivity index is 1.41. The van der Waals surface area contributed by atoms with Gasteiger partial charge >= 0.3 is 0 Å². The maximum atomic E-state index is 12.6. The minimum atomic E-state index is -0.352. The van der Waals surface area contributed by atoms with Crippen molar-refractivity contribution in [2.24, 2.45) is 5.92 Å². The predicted octanol–water partition coefficient (Wildman–Crippen LogP) is 4.42. The van der Waals surface area contributed by atoms with Crippen LogP contribution in [0.4, 0.5) is 11.4 Å². The Labute approximate surface area is 168 Å². The largest absolute Gasteiger partial charge is 0.326 e. The third-order valence-corrected chi connectivity index (χ3v) is 5.68. The molecule has 0 aliphatic carbocycles. The molecule has 28 heavy (non-hydrogen) atoms. The summed E-state index contributed by atoms with van der Waals surface area (Å²) < 4.78 is 0. The summed E-state index contributed by atoms with van der Waals surface area (Å²) in [5, 5.41) is 5.98. The van der Waals surface area contributed by atoms with E-state index in [0.717, 1.165) is 33.2 Å². The molecule has 2 heterocycles. The van der Waals surface area contributed by atoms with Crippen LogP contribution in [-0.2, 0) is 9.59 Å². The van der Waals surface area contributed by atoms with E-state index in [-0.39, 0.29) is 24.2 Å². The summed E-state index contributed by atoms with van der Waals surface area (Å²) in [5.41, 5.74) is 4.66. The molecule has 1 aliphatic rings. The second-order valence-corrected chi connectivity index (χ2v) is 8.12. The molecule has 2 amide bonds. The number of aromatic nitrogens is 1. The van der Waals surface area contributed by atoms with Gasteiger partial charge < -0.3 is 10.2 Å². The van der Waals surface area contributed by atoms with Crippen LogP contribution < -0.4 is 10.2 Å². The van der Waals surface area contributed by atoms with Crippen LogP contribution in [0.5, 0.6) is 0 Å². The maximum absolute atomic E-state index is 12.6. The van der Waals surface area contributed by atoms with Crippen molar-refractivity contribution in [3.8, 4) is 11.3 Å². The lowest BCUT2D eigenvalue weighted by atomic mass is 10.1. The molecule has 0 bridgehead atoms. The lowest BCUT2D eigenvalue weighted by molar-refractivity contribution is -0.122. The second kappa shape index (κ2) is 7.56. The zero-order chi connectivity index (χ0) is 19.7. The smallest absolute Gasteiger partial charge is 0.229 e. The number of hydrogen-bond donors (Lipinski definition) is 1. The Morgan fingerprint density at radius 3 is 2.46 bits per heavy atom. The zero-order valence-electron chi connectivity index (χ0n) is 15.8. The molecule has 142 valence electrons. The number of carbonyl (C=O) groups is 2. The van der Waals surface area contributed by atoms with Gasteiger partial charge in [-0.25, -0.2) is 4.98 Å². The van der Waals surface area contributed by atoms with E-state index in [2.05, 4.69) is 10.3 Å². The number of aryl methyl sites for hydroxylation is 2. The van der Waals surface area contributed by atoms with Gasteiger partial charge in [-0.2, -0.15) is 0 Å². The van der Waals surface area contributed by atoms with E-state index in [0.29, 0.717) is 6.54 Å². The van der Waals surface area contributed by atoms with Gasteiger partial charge in [-0.05, 0) is 38.1 Å².